The molecule has 2 aromatic rings. The number of ether oxygens (including phenoxy) is 3. The third-order valence-corrected chi connectivity index (χ3v) is 5.19. The number of thiocarbonyl (C=S) groups is 1. The summed E-state index contributed by atoms with van der Waals surface area (Å²) < 4.78 is 17.9. The fourth-order valence-corrected chi connectivity index (χ4v) is 4.24. The Labute approximate surface area is 158 Å². The van der Waals surface area contributed by atoms with Crippen LogP contribution in [0.3, 0.4) is 0 Å². The average molecular weight is 370 g/mol. The molecule has 1 N–H and O–H groups in total. The second-order valence-corrected chi connectivity index (χ2v) is 6.98. The van der Waals surface area contributed by atoms with Crippen LogP contribution in [0.15, 0.2) is 42.5 Å². The minimum Gasteiger partial charge on any atom is -0.495 e. The fraction of sp³-hybridized carbons (Fsp3) is 0.350. The van der Waals surface area contributed by atoms with Gasteiger partial charge in [0.05, 0.1) is 25.4 Å². The van der Waals surface area contributed by atoms with Crippen LogP contribution in [0.1, 0.15) is 31.9 Å². The number of rotatable bonds is 4. The lowest BCUT2D eigenvalue weighted by Gasteiger charge is -2.52. The number of methoxy groups -OCH3 is 1. The van der Waals surface area contributed by atoms with Gasteiger partial charge < -0.3 is 19.5 Å². The van der Waals surface area contributed by atoms with E-state index in [2.05, 4.69) is 18.3 Å². The summed E-state index contributed by atoms with van der Waals surface area (Å²) in [6.07, 6.45) is 0.758. The van der Waals surface area contributed by atoms with E-state index in [-0.39, 0.29) is 6.04 Å². The zero-order valence-corrected chi connectivity index (χ0v) is 15.9. The molecule has 4 rings (SSSR count). The van der Waals surface area contributed by atoms with Gasteiger partial charge in [0.15, 0.2) is 22.3 Å². The topological polar surface area (TPSA) is 43.0 Å². The Bertz CT molecular complexity index is 857. The predicted octanol–water partition coefficient (Wildman–Crippen LogP) is 4.03. The molecule has 2 atom stereocenters. The molecule has 5 nitrogen and oxygen atoms in total. The Kier molecular flexibility index (Phi) is 4.15. The van der Waals surface area contributed by atoms with Crippen LogP contribution in [0.2, 0.25) is 0 Å². The summed E-state index contributed by atoms with van der Waals surface area (Å²) in [5, 5.41) is 4.09. The van der Waals surface area contributed by atoms with Crippen molar-refractivity contribution >= 4 is 23.0 Å². The number of hydrogen-bond donors (Lipinski definition) is 1. The first-order valence-electron chi connectivity index (χ1n) is 8.76. The van der Waals surface area contributed by atoms with Crippen LogP contribution in [0.5, 0.6) is 17.2 Å². The highest BCUT2D eigenvalue weighted by molar-refractivity contribution is 7.80. The van der Waals surface area contributed by atoms with E-state index >= 15 is 0 Å². The molecular formula is C20H22N2O3S. The Morgan fingerprint density at radius 2 is 2.00 bits per heavy atom. The monoisotopic (exact) mass is 370 g/mol. The first-order chi connectivity index (χ1) is 12.6. The standard InChI is InChI=1S/C20H22N2O3S/c1-4-24-17-11-7-8-13-14-12-20(2,25-18(13)17)22(19(26)21-14)15-9-5-6-10-16(15)23-3/h5-11,14H,4,12H2,1-3H3,(H,21,26)/t14-,20+/m1/s1. The van der Waals surface area contributed by atoms with Crippen LogP contribution in [0.25, 0.3) is 0 Å². The van der Waals surface area contributed by atoms with Crippen LogP contribution >= 0.6 is 12.2 Å². The molecule has 0 unspecified atom stereocenters. The number of nitrogens with zero attached hydrogens (tertiary/aromatic N) is 1. The van der Waals surface area contributed by atoms with Crippen molar-refractivity contribution in [1.82, 2.24) is 5.32 Å². The van der Waals surface area contributed by atoms with Gasteiger partial charge in [-0.05, 0) is 44.3 Å². The van der Waals surface area contributed by atoms with Gasteiger partial charge in [-0.2, -0.15) is 0 Å². The maximum absolute atomic E-state index is 6.53. The SMILES string of the molecule is CCOc1cccc2c1O[C@@]1(C)C[C@H]2NC(=S)N1c1ccccc1OC. The van der Waals surface area contributed by atoms with Crippen molar-refractivity contribution in [3.63, 3.8) is 0 Å². The molecule has 2 aliphatic rings. The van der Waals surface area contributed by atoms with E-state index in [1.54, 1.807) is 7.11 Å². The molecule has 6 heteroatoms. The Balaban J connectivity index is 1.82. The van der Waals surface area contributed by atoms with Gasteiger partial charge in [0.2, 0.25) is 0 Å². The van der Waals surface area contributed by atoms with Gasteiger partial charge in [-0.1, -0.05) is 24.3 Å². The van der Waals surface area contributed by atoms with E-state index in [1.807, 2.05) is 48.2 Å². The van der Waals surface area contributed by atoms with Crippen LogP contribution < -0.4 is 24.4 Å². The van der Waals surface area contributed by atoms with E-state index in [1.165, 1.54) is 0 Å². The Morgan fingerprint density at radius 1 is 1.23 bits per heavy atom. The molecule has 26 heavy (non-hydrogen) atoms. The van der Waals surface area contributed by atoms with Crippen molar-refractivity contribution in [1.29, 1.82) is 0 Å². The quantitative estimate of drug-likeness (QED) is 0.820. The summed E-state index contributed by atoms with van der Waals surface area (Å²) in [4.78, 5) is 2.00. The third kappa shape index (κ3) is 2.56. The molecule has 2 aromatic carbocycles. The molecule has 2 heterocycles. The van der Waals surface area contributed by atoms with Crippen molar-refractivity contribution in [3.05, 3.63) is 48.0 Å². The molecule has 0 amide bonds. The van der Waals surface area contributed by atoms with Crippen LogP contribution in [0.4, 0.5) is 5.69 Å². The largest absolute Gasteiger partial charge is 0.495 e. The molecule has 0 radical (unpaired) electrons. The van der Waals surface area contributed by atoms with E-state index < -0.39 is 5.72 Å². The first-order valence-corrected chi connectivity index (χ1v) is 9.16. The molecule has 0 spiro atoms. The summed E-state index contributed by atoms with van der Waals surface area (Å²) in [6.45, 7) is 4.62. The van der Waals surface area contributed by atoms with Gasteiger partial charge in [0.1, 0.15) is 5.75 Å². The predicted molar refractivity (Wildman–Crippen MR) is 105 cm³/mol. The molecule has 0 aromatic heterocycles. The molecule has 2 aliphatic heterocycles. The normalized spacial score (nSPS) is 23.6. The maximum atomic E-state index is 6.53. The molecular weight excluding hydrogens is 348 g/mol. The van der Waals surface area contributed by atoms with Gasteiger partial charge in [0.25, 0.3) is 0 Å². The average Bonchev–Trinajstić information content (AvgIpc) is 2.62. The summed E-state index contributed by atoms with van der Waals surface area (Å²) in [6, 6.07) is 13.9. The van der Waals surface area contributed by atoms with E-state index in [0.29, 0.717) is 11.7 Å². The van der Waals surface area contributed by atoms with Crippen LogP contribution in [0, 0.1) is 0 Å². The van der Waals surface area contributed by atoms with E-state index in [0.717, 1.165) is 34.9 Å². The lowest BCUT2D eigenvalue weighted by Crippen LogP contribution is -2.65. The second kappa shape index (κ2) is 6.36. The Hall–Kier alpha value is -2.47. The maximum Gasteiger partial charge on any atom is 0.188 e. The number of fused-ring (bicyclic) bond motifs is 4. The first kappa shape index (κ1) is 17.0. The van der Waals surface area contributed by atoms with Crippen molar-refractivity contribution in [2.45, 2.75) is 32.0 Å². The summed E-state index contributed by atoms with van der Waals surface area (Å²) in [5.41, 5.74) is 1.32. The summed E-state index contributed by atoms with van der Waals surface area (Å²) in [7, 11) is 1.66. The van der Waals surface area contributed by atoms with E-state index in [9.17, 15) is 0 Å². The highest BCUT2D eigenvalue weighted by Crippen LogP contribution is 2.50. The number of benzene rings is 2. The zero-order chi connectivity index (χ0) is 18.3. The van der Waals surface area contributed by atoms with Crippen LogP contribution in [-0.4, -0.2) is 24.6 Å². The highest BCUT2D eigenvalue weighted by atomic mass is 32.1. The van der Waals surface area contributed by atoms with Crippen molar-refractivity contribution in [2.24, 2.45) is 0 Å². The molecule has 2 bridgehead atoms. The van der Waals surface area contributed by atoms with Gasteiger partial charge in [-0.25, -0.2) is 0 Å². The number of hydrogen-bond acceptors (Lipinski definition) is 4. The number of nitrogens with one attached hydrogen (secondary N) is 1. The highest BCUT2D eigenvalue weighted by Gasteiger charge is 2.49. The number of para-hydroxylation sites is 3. The molecule has 1 fully saturated rings. The summed E-state index contributed by atoms with van der Waals surface area (Å²) in [5.74, 6) is 2.29. The summed E-state index contributed by atoms with van der Waals surface area (Å²) >= 11 is 5.70. The Morgan fingerprint density at radius 3 is 2.77 bits per heavy atom. The molecule has 136 valence electrons. The minimum atomic E-state index is -0.637. The van der Waals surface area contributed by atoms with Gasteiger partial charge in [0, 0.05) is 12.0 Å². The van der Waals surface area contributed by atoms with E-state index in [4.69, 9.17) is 26.4 Å². The van der Waals surface area contributed by atoms with Crippen LogP contribution in [-0.2, 0) is 0 Å². The van der Waals surface area contributed by atoms with Crippen molar-refractivity contribution in [2.75, 3.05) is 18.6 Å². The third-order valence-electron chi connectivity index (χ3n) is 4.89. The zero-order valence-electron chi connectivity index (χ0n) is 15.1. The molecule has 1 saturated heterocycles. The second-order valence-electron chi connectivity index (χ2n) is 6.60. The van der Waals surface area contributed by atoms with Gasteiger partial charge in [-0.3, -0.25) is 4.90 Å². The smallest absolute Gasteiger partial charge is 0.188 e. The number of anilines is 1. The lowest BCUT2D eigenvalue weighted by atomic mass is 9.90. The fourth-order valence-electron chi connectivity index (χ4n) is 3.81. The van der Waals surface area contributed by atoms with Crippen molar-refractivity contribution in [3.8, 4) is 17.2 Å². The minimum absolute atomic E-state index is 0.0858. The van der Waals surface area contributed by atoms with Gasteiger partial charge >= 0.3 is 0 Å². The van der Waals surface area contributed by atoms with Gasteiger partial charge in [-0.15, -0.1) is 0 Å². The molecule has 0 aliphatic carbocycles. The molecule has 0 saturated carbocycles. The van der Waals surface area contributed by atoms with Crippen molar-refractivity contribution < 1.29 is 14.2 Å². The lowest BCUT2D eigenvalue weighted by molar-refractivity contribution is 0.0453.